The number of likely N-dealkylation sites (tertiary alicyclic amines) is 1. The van der Waals surface area contributed by atoms with Crippen LogP contribution < -0.4 is 4.74 Å². The first-order valence-electron chi connectivity index (χ1n) is 9.18. The van der Waals surface area contributed by atoms with Crippen molar-refractivity contribution in [2.75, 3.05) is 20.2 Å². The third-order valence-electron chi connectivity index (χ3n) is 5.09. The van der Waals surface area contributed by atoms with Crippen LogP contribution in [0.25, 0.3) is 0 Å². The third kappa shape index (κ3) is 3.77. The highest BCUT2D eigenvalue weighted by Crippen LogP contribution is 2.36. The van der Waals surface area contributed by atoms with E-state index in [4.69, 9.17) is 16.3 Å². The van der Waals surface area contributed by atoms with Crippen LogP contribution in [0.4, 0.5) is 0 Å². The molecule has 146 valence electrons. The van der Waals surface area contributed by atoms with E-state index in [2.05, 4.69) is 14.5 Å². The number of piperidine rings is 1. The van der Waals surface area contributed by atoms with E-state index >= 15 is 0 Å². The Kier molecular flexibility index (Phi) is 5.64. The molecule has 0 saturated carbocycles. The van der Waals surface area contributed by atoms with Crippen molar-refractivity contribution < 1.29 is 9.53 Å². The monoisotopic (exact) mass is 416 g/mol. The smallest absolute Gasteiger partial charge is 0.258 e. The summed E-state index contributed by atoms with van der Waals surface area (Å²) in [5.41, 5.74) is 1.56. The lowest BCUT2D eigenvalue weighted by Crippen LogP contribution is -2.38. The van der Waals surface area contributed by atoms with Crippen LogP contribution in [0.15, 0.2) is 42.2 Å². The molecule has 0 N–H and O–H groups in total. The molecule has 0 aliphatic carbocycles. The largest absolute Gasteiger partial charge is 0.493 e. The van der Waals surface area contributed by atoms with Crippen LogP contribution >= 0.6 is 22.9 Å². The van der Waals surface area contributed by atoms with Gasteiger partial charge in [0.2, 0.25) is 0 Å². The minimum atomic E-state index is -0.0183. The molecule has 4 heterocycles. The summed E-state index contributed by atoms with van der Waals surface area (Å²) < 4.78 is 7.96. The molecule has 0 aromatic carbocycles. The molecule has 3 aromatic rings. The van der Waals surface area contributed by atoms with Gasteiger partial charge in [0.05, 0.1) is 24.9 Å². The highest BCUT2D eigenvalue weighted by Gasteiger charge is 2.29. The molecule has 0 unspecified atom stereocenters. The number of carbonyl (C=O) groups is 1. The summed E-state index contributed by atoms with van der Waals surface area (Å²) in [6.45, 7) is 2.09. The molecule has 4 rings (SSSR count). The zero-order valence-electron chi connectivity index (χ0n) is 15.5. The molecular weight excluding hydrogens is 396 g/mol. The van der Waals surface area contributed by atoms with Crippen molar-refractivity contribution in [2.24, 2.45) is 0 Å². The second-order valence-electron chi connectivity index (χ2n) is 6.76. The van der Waals surface area contributed by atoms with Gasteiger partial charge in [-0.25, -0.2) is 4.98 Å². The molecule has 3 aromatic heterocycles. The fourth-order valence-corrected chi connectivity index (χ4v) is 4.70. The van der Waals surface area contributed by atoms with E-state index < -0.39 is 0 Å². The van der Waals surface area contributed by atoms with Crippen LogP contribution in [0.3, 0.4) is 0 Å². The lowest BCUT2D eigenvalue weighted by Gasteiger charge is -2.32. The van der Waals surface area contributed by atoms with E-state index in [0.717, 1.165) is 24.4 Å². The number of pyridine rings is 1. The average molecular weight is 417 g/mol. The van der Waals surface area contributed by atoms with Gasteiger partial charge in [-0.3, -0.25) is 9.78 Å². The molecule has 1 amide bonds. The van der Waals surface area contributed by atoms with Crippen molar-refractivity contribution in [2.45, 2.75) is 25.3 Å². The van der Waals surface area contributed by atoms with Crippen molar-refractivity contribution >= 4 is 28.8 Å². The molecule has 8 heteroatoms. The lowest BCUT2D eigenvalue weighted by molar-refractivity contribution is 0.0707. The number of aromatic nitrogens is 3. The molecule has 1 aliphatic heterocycles. The Morgan fingerprint density at radius 2 is 2.11 bits per heavy atom. The number of hydrogen-bond acceptors (Lipinski definition) is 5. The van der Waals surface area contributed by atoms with Gasteiger partial charge >= 0.3 is 0 Å². The predicted molar refractivity (Wildman–Crippen MR) is 109 cm³/mol. The minimum absolute atomic E-state index is 0.0183. The first-order chi connectivity index (χ1) is 13.7. The number of hydrogen-bond donors (Lipinski definition) is 0. The Morgan fingerprint density at radius 3 is 2.82 bits per heavy atom. The number of rotatable bonds is 5. The van der Waals surface area contributed by atoms with Crippen molar-refractivity contribution in [1.82, 2.24) is 19.4 Å². The zero-order chi connectivity index (χ0) is 19.5. The maximum absolute atomic E-state index is 12.9. The van der Waals surface area contributed by atoms with Gasteiger partial charge in [0.1, 0.15) is 10.2 Å². The molecule has 1 fully saturated rings. The molecule has 0 radical (unpaired) electrons. The van der Waals surface area contributed by atoms with Gasteiger partial charge in [-0.05, 0) is 25.0 Å². The maximum Gasteiger partial charge on any atom is 0.258 e. The quantitative estimate of drug-likeness (QED) is 0.629. The van der Waals surface area contributed by atoms with Crippen molar-refractivity contribution in [3.8, 4) is 5.75 Å². The van der Waals surface area contributed by atoms with Crippen LogP contribution in [-0.4, -0.2) is 45.5 Å². The number of nitrogens with zero attached hydrogens (tertiary/aromatic N) is 4. The van der Waals surface area contributed by atoms with Crippen LogP contribution in [0.5, 0.6) is 5.75 Å². The summed E-state index contributed by atoms with van der Waals surface area (Å²) in [4.78, 5) is 23.7. The van der Waals surface area contributed by atoms with Crippen LogP contribution in [-0.2, 0) is 6.54 Å². The van der Waals surface area contributed by atoms with E-state index in [-0.39, 0.29) is 5.91 Å². The Balaban J connectivity index is 1.42. The standard InChI is InChI=1S/C20H21ClN4O2S/c1-27-17-16(13-28-18(17)21)20(26)24-9-5-14(6-10-24)19-23-8-11-25(19)12-15-4-2-3-7-22-15/h2-4,7-8,11,13-14H,5-6,9-10,12H2,1H3. The zero-order valence-corrected chi connectivity index (χ0v) is 17.1. The Morgan fingerprint density at radius 1 is 1.29 bits per heavy atom. The number of halogens is 1. The van der Waals surface area contributed by atoms with E-state index in [1.54, 1.807) is 18.7 Å². The molecule has 1 saturated heterocycles. The van der Waals surface area contributed by atoms with Crippen molar-refractivity contribution in [1.29, 1.82) is 0 Å². The molecule has 1 aliphatic rings. The summed E-state index contributed by atoms with van der Waals surface area (Å²) in [5, 5.41) is 1.77. The number of imidazole rings is 1. The number of methoxy groups -OCH3 is 1. The molecule has 0 atom stereocenters. The first kappa shape index (κ1) is 19.0. The van der Waals surface area contributed by atoms with Crippen LogP contribution in [0.1, 0.15) is 40.6 Å². The lowest BCUT2D eigenvalue weighted by atomic mass is 9.95. The van der Waals surface area contributed by atoms with Crippen molar-refractivity contribution in [3.05, 3.63) is 63.6 Å². The summed E-state index contributed by atoms with van der Waals surface area (Å²) >= 11 is 7.43. The van der Waals surface area contributed by atoms with Gasteiger partial charge in [-0.2, -0.15) is 0 Å². The fourth-order valence-electron chi connectivity index (χ4n) is 3.65. The molecule has 0 bridgehead atoms. The highest BCUT2D eigenvalue weighted by molar-refractivity contribution is 7.15. The summed E-state index contributed by atoms with van der Waals surface area (Å²) in [6, 6.07) is 5.93. The maximum atomic E-state index is 12.9. The van der Waals surface area contributed by atoms with Gasteiger partial charge in [0.25, 0.3) is 5.91 Å². The minimum Gasteiger partial charge on any atom is -0.493 e. The van der Waals surface area contributed by atoms with E-state index in [1.165, 1.54) is 11.3 Å². The SMILES string of the molecule is COc1c(C(=O)N2CCC(c3nccn3Cc3ccccn3)CC2)csc1Cl. The van der Waals surface area contributed by atoms with E-state index in [1.807, 2.05) is 35.5 Å². The topological polar surface area (TPSA) is 60.2 Å². The predicted octanol–water partition coefficient (Wildman–Crippen LogP) is 4.07. The van der Waals surface area contributed by atoms with E-state index in [9.17, 15) is 4.79 Å². The van der Waals surface area contributed by atoms with Gasteiger partial charge in [0.15, 0.2) is 5.75 Å². The second-order valence-corrected chi connectivity index (χ2v) is 8.24. The molecule has 28 heavy (non-hydrogen) atoms. The van der Waals surface area contributed by atoms with Crippen LogP contribution in [0.2, 0.25) is 4.34 Å². The number of thiophene rings is 1. The number of carbonyl (C=O) groups excluding carboxylic acids is 1. The van der Waals surface area contributed by atoms with Gasteiger partial charge in [-0.15, -0.1) is 11.3 Å². The average Bonchev–Trinajstić information content (AvgIpc) is 3.34. The molecule has 6 nitrogen and oxygen atoms in total. The van der Waals surface area contributed by atoms with Crippen molar-refractivity contribution in [3.63, 3.8) is 0 Å². The molecule has 0 spiro atoms. The Bertz CT molecular complexity index is 948. The highest BCUT2D eigenvalue weighted by atomic mass is 35.5. The summed E-state index contributed by atoms with van der Waals surface area (Å²) in [6.07, 6.45) is 7.41. The summed E-state index contributed by atoms with van der Waals surface area (Å²) in [7, 11) is 1.54. The second kappa shape index (κ2) is 8.32. The van der Waals surface area contributed by atoms with Crippen LogP contribution in [0, 0.1) is 0 Å². The first-order valence-corrected chi connectivity index (χ1v) is 10.4. The summed E-state index contributed by atoms with van der Waals surface area (Å²) in [5.74, 6) is 1.85. The molecular formula is C20H21ClN4O2S. The number of ether oxygens (including phenoxy) is 1. The van der Waals surface area contributed by atoms with Gasteiger partial charge < -0.3 is 14.2 Å². The Labute approximate surface area is 172 Å². The third-order valence-corrected chi connectivity index (χ3v) is 6.28. The normalized spacial score (nSPS) is 15.0. The Hall–Kier alpha value is -2.38. The van der Waals surface area contributed by atoms with Gasteiger partial charge in [-0.1, -0.05) is 17.7 Å². The number of amides is 1. The van der Waals surface area contributed by atoms with Gasteiger partial charge in [0, 0.05) is 43.0 Å². The van der Waals surface area contributed by atoms with E-state index in [0.29, 0.717) is 41.2 Å². The fraction of sp³-hybridized carbons (Fsp3) is 0.350.